The van der Waals surface area contributed by atoms with Gasteiger partial charge in [0.25, 0.3) is 0 Å². The van der Waals surface area contributed by atoms with E-state index in [1.807, 2.05) is 59.3 Å². The van der Waals surface area contributed by atoms with Crippen LogP contribution in [0.4, 0.5) is 0 Å². The van der Waals surface area contributed by atoms with Crippen molar-refractivity contribution in [1.82, 2.24) is 9.88 Å². The summed E-state index contributed by atoms with van der Waals surface area (Å²) in [6, 6.07) is 5.75. The van der Waals surface area contributed by atoms with E-state index < -0.39 is 11.6 Å². The summed E-state index contributed by atoms with van der Waals surface area (Å²) < 4.78 is 16.1. The number of aromatic nitrogens is 1. The Hall–Kier alpha value is -2.54. The largest absolute Gasteiger partial charge is 0.460 e. The molecule has 1 aromatic carbocycles. The van der Waals surface area contributed by atoms with E-state index >= 15 is 0 Å². The lowest BCUT2D eigenvalue weighted by molar-refractivity contribution is -0.155. The van der Waals surface area contributed by atoms with Gasteiger partial charge in [-0.2, -0.15) is 0 Å². The topological polar surface area (TPSA) is 80.9 Å². The minimum absolute atomic E-state index is 0.144. The second-order valence-electron chi connectivity index (χ2n) is 8.26. The number of carbonyl (C=O) groups is 2. The third-order valence-corrected chi connectivity index (χ3v) is 4.19. The average Bonchev–Trinajstić information content (AvgIpc) is 3.02. The van der Waals surface area contributed by atoms with Gasteiger partial charge in [0.1, 0.15) is 11.4 Å². The molecule has 0 unspecified atom stereocenters. The molecule has 2 rings (SSSR count). The number of hydrogen-bond donors (Lipinski definition) is 1. The van der Waals surface area contributed by atoms with Gasteiger partial charge in [0.2, 0.25) is 6.79 Å². The van der Waals surface area contributed by atoms with Crippen molar-refractivity contribution in [3.8, 4) is 5.75 Å². The molecule has 7 heteroatoms. The van der Waals surface area contributed by atoms with Crippen LogP contribution < -0.4 is 4.74 Å². The number of carbonyl (C=O) groups excluding carboxylic acids is 2. The summed E-state index contributed by atoms with van der Waals surface area (Å²) in [5.74, 6) is -0.0346. The number of nitrogens with one attached hydrogen (secondary N) is 1. The van der Waals surface area contributed by atoms with Crippen molar-refractivity contribution in [3.63, 3.8) is 0 Å². The fourth-order valence-corrected chi connectivity index (χ4v) is 2.88. The molecule has 0 saturated carbocycles. The van der Waals surface area contributed by atoms with Gasteiger partial charge in [-0.15, -0.1) is 0 Å². The Morgan fingerprint density at radius 1 is 1.10 bits per heavy atom. The van der Waals surface area contributed by atoms with Crippen molar-refractivity contribution < 1.29 is 23.8 Å². The molecule has 0 spiro atoms. The molecule has 29 heavy (non-hydrogen) atoms. The summed E-state index contributed by atoms with van der Waals surface area (Å²) >= 11 is 0. The first-order chi connectivity index (χ1) is 13.7. The Bertz CT molecular complexity index is 820. The van der Waals surface area contributed by atoms with E-state index in [1.165, 1.54) is 0 Å². The molecule has 0 atom stereocenters. The summed E-state index contributed by atoms with van der Waals surface area (Å²) in [6.07, 6.45) is 3.59. The van der Waals surface area contributed by atoms with Crippen molar-refractivity contribution in [1.29, 1.82) is 0 Å². The maximum Gasteiger partial charge on any atom is 0.308 e. The van der Waals surface area contributed by atoms with Crippen molar-refractivity contribution >= 4 is 22.8 Å². The van der Waals surface area contributed by atoms with Gasteiger partial charge in [0, 0.05) is 36.5 Å². The maximum atomic E-state index is 11.9. The summed E-state index contributed by atoms with van der Waals surface area (Å²) in [7, 11) is 4.07. The summed E-state index contributed by atoms with van der Waals surface area (Å²) in [5, 5.41) is 1.01. The van der Waals surface area contributed by atoms with Crippen LogP contribution in [0, 0.1) is 0 Å². The standard InChI is InChI=1S/C22H32N2O5/c1-22(2,3)29-20(26)11-7-10-19(25)28-15-27-18-9-6-8-17-21(18)16(14-23-17)12-13-24(4)5/h6,8-9,14,23H,7,10-13,15H2,1-5H3. The molecule has 0 aliphatic heterocycles. The van der Waals surface area contributed by atoms with Gasteiger partial charge in [-0.25, -0.2) is 0 Å². The van der Waals surface area contributed by atoms with Crippen LogP contribution in [0.25, 0.3) is 10.9 Å². The molecule has 0 radical (unpaired) electrons. The van der Waals surface area contributed by atoms with Crippen LogP contribution in [0.5, 0.6) is 5.75 Å². The number of aromatic amines is 1. The van der Waals surface area contributed by atoms with E-state index in [4.69, 9.17) is 14.2 Å². The van der Waals surface area contributed by atoms with Crippen LogP contribution in [-0.4, -0.2) is 54.9 Å². The third-order valence-electron chi connectivity index (χ3n) is 4.19. The number of rotatable bonds is 10. The molecule has 0 aliphatic rings. The van der Waals surface area contributed by atoms with Gasteiger partial charge in [-0.1, -0.05) is 6.07 Å². The zero-order chi connectivity index (χ0) is 21.4. The van der Waals surface area contributed by atoms with Crippen molar-refractivity contribution in [2.75, 3.05) is 27.4 Å². The highest BCUT2D eigenvalue weighted by molar-refractivity contribution is 5.89. The summed E-state index contributed by atoms with van der Waals surface area (Å²) in [4.78, 5) is 28.9. The molecule has 7 nitrogen and oxygen atoms in total. The van der Waals surface area contributed by atoms with Crippen molar-refractivity contribution in [2.24, 2.45) is 0 Å². The van der Waals surface area contributed by atoms with Crippen LogP contribution in [0.15, 0.2) is 24.4 Å². The molecule has 0 amide bonds. The molecule has 0 bridgehead atoms. The normalized spacial score (nSPS) is 11.7. The monoisotopic (exact) mass is 404 g/mol. The highest BCUT2D eigenvalue weighted by Crippen LogP contribution is 2.29. The summed E-state index contributed by atoms with van der Waals surface area (Å²) in [6.45, 7) is 6.20. The van der Waals surface area contributed by atoms with Crippen molar-refractivity contribution in [3.05, 3.63) is 30.0 Å². The number of likely N-dealkylation sites (N-methyl/N-ethyl adjacent to an activating group) is 1. The smallest absolute Gasteiger partial charge is 0.308 e. The molecule has 0 saturated heterocycles. The fourth-order valence-electron chi connectivity index (χ4n) is 2.88. The minimum atomic E-state index is -0.518. The van der Waals surface area contributed by atoms with Crippen LogP contribution in [-0.2, 0) is 25.5 Å². The average molecular weight is 405 g/mol. The van der Waals surface area contributed by atoms with E-state index in [0.29, 0.717) is 12.2 Å². The van der Waals surface area contributed by atoms with E-state index in [-0.39, 0.29) is 25.6 Å². The van der Waals surface area contributed by atoms with Gasteiger partial charge in [0.15, 0.2) is 0 Å². The fraction of sp³-hybridized carbons (Fsp3) is 0.545. The second kappa shape index (κ2) is 10.3. The lowest BCUT2D eigenvalue weighted by Gasteiger charge is -2.19. The van der Waals surface area contributed by atoms with Crippen LogP contribution in [0.1, 0.15) is 45.6 Å². The molecule has 160 valence electrons. The Kier molecular flexibility index (Phi) is 8.08. The number of benzene rings is 1. The van der Waals surface area contributed by atoms with Crippen LogP contribution in [0.2, 0.25) is 0 Å². The first-order valence-corrected chi connectivity index (χ1v) is 9.89. The Balaban J connectivity index is 1.81. The number of nitrogens with zero attached hydrogens (tertiary/aromatic N) is 1. The van der Waals surface area contributed by atoms with Gasteiger partial charge < -0.3 is 24.1 Å². The third kappa shape index (κ3) is 7.77. The lowest BCUT2D eigenvalue weighted by atomic mass is 10.1. The maximum absolute atomic E-state index is 11.9. The lowest BCUT2D eigenvalue weighted by Crippen LogP contribution is -2.23. The molecule has 1 heterocycles. The summed E-state index contributed by atoms with van der Waals surface area (Å²) in [5.41, 5.74) is 1.63. The molecule has 0 aliphatic carbocycles. The van der Waals surface area contributed by atoms with Gasteiger partial charge >= 0.3 is 11.9 Å². The Morgan fingerprint density at radius 3 is 2.52 bits per heavy atom. The minimum Gasteiger partial charge on any atom is -0.460 e. The zero-order valence-electron chi connectivity index (χ0n) is 18.0. The van der Waals surface area contributed by atoms with Crippen LogP contribution >= 0.6 is 0 Å². The first kappa shape index (κ1) is 22.7. The van der Waals surface area contributed by atoms with E-state index in [1.54, 1.807) is 0 Å². The number of hydrogen-bond acceptors (Lipinski definition) is 6. The highest BCUT2D eigenvalue weighted by atomic mass is 16.7. The predicted molar refractivity (Wildman–Crippen MR) is 112 cm³/mol. The Labute approximate surface area is 172 Å². The molecule has 1 N–H and O–H groups in total. The van der Waals surface area contributed by atoms with Gasteiger partial charge in [-0.05, 0) is 65.4 Å². The SMILES string of the molecule is CN(C)CCc1c[nH]c2cccc(OCOC(=O)CCCC(=O)OC(C)(C)C)c12. The van der Waals surface area contributed by atoms with E-state index in [9.17, 15) is 9.59 Å². The number of H-pyrrole nitrogens is 1. The van der Waals surface area contributed by atoms with Crippen molar-refractivity contribution in [2.45, 2.75) is 52.1 Å². The van der Waals surface area contributed by atoms with E-state index in [0.717, 1.165) is 29.4 Å². The number of ether oxygens (including phenoxy) is 3. The Morgan fingerprint density at radius 2 is 1.83 bits per heavy atom. The highest BCUT2D eigenvalue weighted by Gasteiger charge is 2.16. The molecule has 1 aromatic heterocycles. The van der Waals surface area contributed by atoms with Crippen LogP contribution in [0.3, 0.4) is 0 Å². The molecular weight excluding hydrogens is 372 g/mol. The van der Waals surface area contributed by atoms with Gasteiger partial charge in [0.05, 0.1) is 0 Å². The number of fused-ring (bicyclic) bond motifs is 1. The molecule has 2 aromatic rings. The quantitative estimate of drug-likeness (QED) is 0.481. The second-order valence-corrected chi connectivity index (χ2v) is 8.26. The number of esters is 2. The predicted octanol–water partition coefficient (Wildman–Crippen LogP) is 3.66. The first-order valence-electron chi connectivity index (χ1n) is 9.89. The van der Waals surface area contributed by atoms with Gasteiger partial charge in [-0.3, -0.25) is 9.59 Å². The molecular formula is C22H32N2O5. The zero-order valence-corrected chi connectivity index (χ0v) is 18.0. The van der Waals surface area contributed by atoms with E-state index in [2.05, 4.69) is 9.88 Å². The molecule has 0 fully saturated rings.